The van der Waals surface area contributed by atoms with E-state index in [4.69, 9.17) is 0 Å². The summed E-state index contributed by atoms with van der Waals surface area (Å²) in [5, 5.41) is 0. The van der Waals surface area contributed by atoms with Gasteiger partial charge in [-0.2, -0.15) is 0 Å². The Kier molecular flexibility index (Phi) is 0.999. The highest BCUT2D eigenvalue weighted by Crippen LogP contribution is 2.27. The zero-order valence-corrected chi connectivity index (χ0v) is 5.27. The molecular formula is C7H10O. The van der Waals surface area contributed by atoms with Gasteiger partial charge in [-0.25, -0.2) is 0 Å². The van der Waals surface area contributed by atoms with E-state index in [0.29, 0.717) is 0 Å². The quantitative estimate of drug-likeness (QED) is 0.462. The highest BCUT2D eigenvalue weighted by molar-refractivity contribution is 5.96. The van der Waals surface area contributed by atoms with Crippen molar-refractivity contribution in [1.82, 2.24) is 0 Å². The molecule has 1 aliphatic rings. The number of ketones is 1. The summed E-state index contributed by atoms with van der Waals surface area (Å²) in [7, 11) is 0. The van der Waals surface area contributed by atoms with Gasteiger partial charge >= 0.3 is 0 Å². The number of hydrogen-bond acceptors (Lipinski definition) is 1. The lowest BCUT2D eigenvalue weighted by Gasteiger charge is -2.12. The Hall–Kier alpha value is -0.590. The zero-order valence-electron chi connectivity index (χ0n) is 5.27. The number of carbonyl (C=O) groups excluding carboxylic acids is 1. The van der Waals surface area contributed by atoms with Crippen molar-refractivity contribution in [2.45, 2.75) is 20.3 Å². The lowest BCUT2D eigenvalue weighted by atomic mass is 9.90. The Labute approximate surface area is 49.4 Å². The molecule has 1 heteroatoms. The molecule has 0 aliphatic heterocycles. The summed E-state index contributed by atoms with van der Waals surface area (Å²) >= 11 is 0. The fraction of sp³-hybridized carbons (Fsp3) is 0.571. The molecule has 1 aliphatic carbocycles. The van der Waals surface area contributed by atoms with Crippen LogP contribution < -0.4 is 0 Å². The predicted molar refractivity (Wildman–Crippen MR) is 32.5 cm³/mol. The molecule has 0 bridgehead atoms. The standard InChI is InChI=1S/C7H10O/c1-7(2)5-3-4-6(7)8/h3-4H,5H2,1-2H3. The first-order chi connectivity index (χ1) is 3.63. The second kappa shape index (κ2) is 1.44. The molecule has 0 saturated heterocycles. The second-order valence-corrected chi connectivity index (χ2v) is 2.85. The van der Waals surface area contributed by atoms with Crippen LogP contribution in [0.2, 0.25) is 0 Å². The first-order valence-corrected chi connectivity index (χ1v) is 2.84. The molecule has 0 amide bonds. The molecule has 0 atom stereocenters. The summed E-state index contributed by atoms with van der Waals surface area (Å²) < 4.78 is 0. The molecule has 0 aromatic rings. The van der Waals surface area contributed by atoms with E-state index in [1.165, 1.54) is 0 Å². The van der Waals surface area contributed by atoms with Crippen LogP contribution in [0, 0.1) is 5.41 Å². The average molecular weight is 110 g/mol. The van der Waals surface area contributed by atoms with E-state index < -0.39 is 0 Å². The summed E-state index contributed by atoms with van der Waals surface area (Å²) in [6.07, 6.45) is 4.51. The molecule has 44 valence electrons. The number of rotatable bonds is 0. The fourth-order valence-electron chi connectivity index (χ4n) is 0.787. The van der Waals surface area contributed by atoms with Gasteiger partial charge in [0, 0.05) is 5.41 Å². The zero-order chi connectivity index (χ0) is 6.20. The topological polar surface area (TPSA) is 17.1 Å². The average Bonchev–Trinajstić information content (AvgIpc) is 1.86. The number of carbonyl (C=O) groups is 1. The van der Waals surface area contributed by atoms with Crippen LogP contribution in [0.25, 0.3) is 0 Å². The van der Waals surface area contributed by atoms with Crippen molar-refractivity contribution < 1.29 is 4.79 Å². The lowest BCUT2D eigenvalue weighted by molar-refractivity contribution is -0.121. The van der Waals surface area contributed by atoms with Crippen LogP contribution in [0.5, 0.6) is 0 Å². The van der Waals surface area contributed by atoms with Crippen molar-refractivity contribution in [3.63, 3.8) is 0 Å². The third kappa shape index (κ3) is 0.683. The van der Waals surface area contributed by atoms with Crippen molar-refractivity contribution in [2.24, 2.45) is 5.41 Å². The smallest absolute Gasteiger partial charge is 0.161 e. The normalized spacial score (nSPS) is 24.5. The maximum absolute atomic E-state index is 10.8. The van der Waals surface area contributed by atoms with Crippen molar-refractivity contribution in [1.29, 1.82) is 0 Å². The molecular weight excluding hydrogens is 100 g/mol. The van der Waals surface area contributed by atoms with Gasteiger partial charge in [0.05, 0.1) is 0 Å². The van der Waals surface area contributed by atoms with Crippen LogP contribution in [-0.2, 0) is 4.79 Å². The molecule has 0 N–H and O–H groups in total. The van der Waals surface area contributed by atoms with Crippen LogP contribution in [0.3, 0.4) is 0 Å². The monoisotopic (exact) mass is 110 g/mol. The maximum Gasteiger partial charge on any atom is 0.161 e. The molecule has 1 rings (SSSR count). The molecule has 0 unspecified atom stereocenters. The van der Waals surface area contributed by atoms with Crippen LogP contribution in [-0.4, -0.2) is 5.78 Å². The Morgan fingerprint density at radius 3 is 2.38 bits per heavy atom. The van der Waals surface area contributed by atoms with E-state index in [9.17, 15) is 4.79 Å². The van der Waals surface area contributed by atoms with E-state index in [-0.39, 0.29) is 11.2 Å². The van der Waals surface area contributed by atoms with E-state index in [2.05, 4.69) is 0 Å². The van der Waals surface area contributed by atoms with E-state index >= 15 is 0 Å². The molecule has 0 saturated carbocycles. The molecule has 0 aromatic heterocycles. The largest absolute Gasteiger partial charge is 0.294 e. The Morgan fingerprint density at radius 2 is 2.25 bits per heavy atom. The van der Waals surface area contributed by atoms with Crippen molar-refractivity contribution >= 4 is 5.78 Å². The van der Waals surface area contributed by atoms with Crippen molar-refractivity contribution in [2.75, 3.05) is 0 Å². The SMILES string of the molecule is CC1(C)CC=CC1=O. The molecule has 8 heavy (non-hydrogen) atoms. The van der Waals surface area contributed by atoms with Gasteiger partial charge in [0.1, 0.15) is 0 Å². The van der Waals surface area contributed by atoms with Gasteiger partial charge in [0.2, 0.25) is 0 Å². The highest BCUT2D eigenvalue weighted by Gasteiger charge is 2.27. The van der Waals surface area contributed by atoms with Gasteiger partial charge in [0.25, 0.3) is 0 Å². The summed E-state index contributed by atoms with van der Waals surface area (Å²) in [5.74, 6) is 0.262. The number of hydrogen-bond donors (Lipinski definition) is 0. The van der Waals surface area contributed by atoms with Gasteiger partial charge in [0.15, 0.2) is 5.78 Å². The first kappa shape index (κ1) is 5.54. The third-order valence-corrected chi connectivity index (χ3v) is 1.56. The maximum atomic E-state index is 10.8. The van der Waals surface area contributed by atoms with Gasteiger partial charge in [-0.1, -0.05) is 19.9 Å². The molecule has 0 heterocycles. The summed E-state index contributed by atoms with van der Waals surface area (Å²) in [6, 6.07) is 0. The Balaban J connectivity index is 2.79. The highest BCUT2D eigenvalue weighted by atomic mass is 16.1. The molecule has 0 radical (unpaired) electrons. The minimum Gasteiger partial charge on any atom is -0.294 e. The van der Waals surface area contributed by atoms with E-state index in [0.717, 1.165) is 6.42 Å². The lowest BCUT2D eigenvalue weighted by Crippen LogP contribution is -2.16. The van der Waals surface area contributed by atoms with Gasteiger partial charge in [-0.05, 0) is 12.5 Å². The minimum atomic E-state index is -0.0972. The van der Waals surface area contributed by atoms with Crippen LogP contribution in [0.1, 0.15) is 20.3 Å². The molecule has 0 aromatic carbocycles. The van der Waals surface area contributed by atoms with Crippen molar-refractivity contribution in [3.05, 3.63) is 12.2 Å². The van der Waals surface area contributed by atoms with Gasteiger partial charge in [-0.3, -0.25) is 4.79 Å². The van der Waals surface area contributed by atoms with Crippen LogP contribution >= 0.6 is 0 Å². The van der Waals surface area contributed by atoms with Gasteiger partial charge < -0.3 is 0 Å². The van der Waals surface area contributed by atoms with Gasteiger partial charge in [-0.15, -0.1) is 0 Å². The summed E-state index contributed by atoms with van der Waals surface area (Å²) in [5.41, 5.74) is -0.0972. The van der Waals surface area contributed by atoms with E-state index in [1.54, 1.807) is 6.08 Å². The molecule has 1 nitrogen and oxygen atoms in total. The molecule has 0 fully saturated rings. The predicted octanol–water partition coefficient (Wildman–Crippen LogP) is 1.54. The number of allylic oxidation sites excluding steroid dienone is 2. The third-order valence-electron chi connectivity index (χ3n) is 1.56. The Bertz CT molecular complexity index is 142. The molecule has 0 spiro atoms. The van der Waals surface area contributed by atoms with Crippen LogP contribution in [0.15, 0.2) is 12.2 Å². The first-order valence-electron chi connectivity index (χ1n) is 2.84. The Morgan fingerprint density at radius 1 is 1.62 bits per heavy atom. The van der Waals surface area contributed by atoms with Crippen molar-refractivity contribution in [3.8, 4) is 0 Å². The minimum absolute atomic E-state index is 0.0972. The summed E-state index contributed by atoms with van der Waals surface area (Å²) in [6.45, 7) is 3.94. The summed E-state index contributed by atoms with van der Waals surface area (Å²) in [4.78, 5) is 10.8. The fourth-order valence-corrected chi connectivity index (χ4v) is 0.787. The second-order valence-electron chi connectivity index (χ2n) is 2.85. The van der Waals surface area contributed by atoms with Crippen LogP contribution in [0.4, 0.5) is 0 Å². The van der Waals surface area contributed by atoms with E-state index in [1.807, 2.05) is 19.9 Å².